The van der Waals surface area contributed by atoms with Gasteiger partial charge < -0.3 is 4.74 Å². The number of hydrogen-bond acceptors (Lipinski definition) is 5. The first-order valence-corrected chi connectivity index (χ1v) is 9.34. The Morgan fingerprint density at radius 1 is 1.36 bits per heavy atom. The summed E-state index contributed by atoms with van der Waals surface area (Å²) in [5, 5.41) is 0.669. The lowest BCUT2D eigenvalue weighted by atomic mass is 10.2. The summed E-state index contributed by atoms with van der Waals surface area (Å²) in [5.74, 6) is -0.640. The van der Waals surface area contributed by atoms with Crippen molar-refractivity contribution < 1.29 is 9.53 Å². The van der Waals surface area contributed by atoms with E-state index < -0.39 is 11.5 Å². The monoisotopic (exact) mass is 513 g/mol. The minimum atomic E-state index is -0.640. The van der Waals surface area contributed by atoms with Crippen LogP contribution in [0.2, 0.25) is 0 Å². The van der Waals surface area contributed by atoms with Gasteiger partial charge in [0.1, 0.15) is 11.2 Å². The number of ether oxygens (including phenoxy) is 1. The molecule has 0 radical (unpaired) electrons. The van der Waals surface area contributed by atoms with Crippen molar-refractivity contribution in [2.24, 2.45) is 0 Å². The van der Waals surface area contributed by atoms with Gasteiger partial charge in [-0.05, 0) is 69.7 Å². The molecule has 3 aromatic heterocycles. The largest absolute Gasteiger partial charge is 0.462 e. The fourth-order valence-electron chi connectivity index (χ4n) is 2.42. The Labute approximate surface area is 165 Å². The Balaban J connectivity index is 2.24. The van der Waals surface area contributed by atoms with Gasteiger partial charge in [-0.2, -0.15) is 0 Å². The summed E-state index contributed by atoms with van der Waals surface area (Å²) < 4.78 is 8.16. The van der Waals surface area contributed by atoms with Crippen LogP contribution in [-0.2, 0) is 11.3 Å². The third-order valence-corrected chi connectivity index (χ3v) is 4.95. The van der Waals surface area contributed by atoms with Crippen LogP contribution < -0.4 is 5.56 Å². The van der Waals surface area contributed by atoms with Crippen LogP contribution in [0, 0.1) is 3.57 Å². The van der Waals surface area contributed by atoms with E-state index in [1.807, 2.05) is 18.2 Å². The molecule has 0 saturated heterocycles. The Morgan fingerprint density at radius 3 is 2.88 bits per heavy atom. The van der Waals surface area contributed by atoms with E-state index in [0.29, 0.717) is 11.0 Å². The van der Waals surface area contributed by atoms with Crippen LogP contribution in [0.15, 0.2) is 45.9 Å². The van der Waals surface area contributed by atoms with Crippen molar-refractivity contribution in [2.45, 2.75) is 13.5 Å². The second-order valence-corrected chi connectivity index (χ2v) is 7.25. The molecule has 128 valence electrons. The number of hydrogen-bond donors (Lipinski definition) is 0. The normalized spacial score (nSPS) is 10.8. The molecule has 3 aromatic rings. The molecule has 3 rings (SSSR count). The van der Waals surface area contributed by atoms with E-state index in [-0.39, 0.29) is 18.7 Å². The molecule has 0 N–H and O–H groups in total. The highest BCUT2D eigenvalue weighted by molar-refractivity contribution is 14.1. The lowest BCUT2D eigenvalue weighted by molar-refractivity contribution is 0.0524. The maximum atomic E-state index is 12.9. The molecule has 8 heteroatoms. The summed E-state index contributed by atoms with van der Waals surface area (Å²) >= 11 is 5.53. The molecule has 0 amide bonds. The maximum Gasteiger partial charge on any atom is 0.343 e. The van der Waals surface area contributed by atoms with Crippen molar-refractivity contribution in [3.05, 3.63) is 66.3 Å². The van der Waals surface area contributed by atoms with Gasteiger partial charge in [0.15, 0.2) is 0 Å². The zero-order valence-corrected chi connectivity index (χ0v) is 16.9. The van der Waals surface area contributed by atoms with Gasteiger partial charge in [-0.25, -0.2) is 9.78 Å². The van der Waals surface area contributed by atoms with Gasteiger partial charge in [0.05, 0.1) is 18.8 Å². The summed E-state index contributed by atoms with van der Waals surface area (Å²) in [5.41, 5.74) is 0.766. The van der Waals surface area contributed by atoms with Crippen LogP contribution in [-0.4, -0.2) is 27.1 Å². The highest BCUT2D eigenvalue weighted by Gasteiger charge is 2.18. The van der Waals surface area contributed by atoms with Crippen LogP contribution in [0.5, 0.6) is 0 Å². The average molecular weight is 514 g/mol. The van der Waals surface area contributed by atoms with Gasteiger partial charge in [0.2, 0.25) is 0 Å². The molecule has 0 aromatic carbocycles. The van der Waals surface area contributed by atoms with Crippen molar-refractivity contribution in [3.8, 4) is 0 Å². The van der Waals surface area contributed by atoms with E-state index >= 15 is 0 Å². The van der Waals surface area contributed by atoms with Crippen molar-refractivity contribution in [3.63, 3.8) is 0 Å². The third kappa shape index (κ3) is 3.74. The third-order valence-electron chi connectivity index (χ3n) is 3.53. The van der Waals surface area contributed by atoms with E-state index in [1.165, 1.54) is 10.6 Å². The lowest BCUT2D eigenvalue weighted by Crippen LogP contribution is -2.29. The van der Waals surface area contributed by atoms with Gasteiger partial charge in [-0.15, -0.1) is 0 Å². The molecule has 0 saturated carbocycles. The molecule has 0 unspecified atom stereocenters. The first-order valence-electron chi connectivity index (χ1n) is 7.47. The van der Waals surface area contributed by atoms with Gasteiger partial charge in [-0.3, -0.25) is 14.3 Å². The molecule has 0 aliphatic rings. The number of fused-ring (bicyclic) bond motifs is 1. The number of carbonyl (C=O) groups is 1. The predicted octanol–water partition coefficient (Wildman–Crippen LogP) is 3.38. The topological polar surface area (TPSA) is 74.1 Å². The minimum Gasteiger partial charge on any atom is -0.462 e. The van der Waals surface area contributed by atoms with Crippen LogP contribution in [0.3, 0.4) is 0 Å². The van der Waals surface area contributed by atoms with Gasteiger partial charge in [-0.1, -0.05) is 0 Å². The Bertz CT molecular complexity index is 1020. The number of aromatic nitrogens is 3. The fourth-order valence-corrected chi connectivity index (χ4v) is 3.29. The zero-order chi connectivity index (χ0) is 18.0. The number of carbonyl (C=O) groups excluding carboxylic acids is 1. The van der Waals surface area contributed by atoms with Gasteiger partial charge >= 0.3 is 5.97 Å². The molecule has 0 atom stereocenters. The number of nitrogens with zero attached hydrogens (tertiary/aromatic N) is 3. The smallest absolute Gasteiger partial charge is 0.343 e. The molecule has 25 heavy (non-hydrogen) atoms. The number of pyridine rings is 3. The van der Waals surface area contributed by atoms with E-state index in [1.54, 1.807) is 19.3 Å². The van der Waals surface area contributed by atoms with Gasteiger partial charge in [0.25, 0.3) is 5.56 Å². The van der Waals surface area contributed by atoms with Crippen LogP contribution >= 0.6 is 38.5 Å². The number of rotatable bonds is 4. The highest BCUT2D eigenvalue weighted by Crippen LogP contribution is 2.19. The molecular formula is C17H13BrIN3O3. The van der Waals surface area contributed by atoms with Crippen molar-refractivity contribution in [1.29, 1.82) is 0 Å². The van der Waals surface area contributed by atoms with Gasteiger partial charge in [0, 0.05) is 25.8 Å². The van der Waals surface area contributed by atoms with Crippen LogP contribution in [0.1, 0.15) is 23.0 Å². The number of halogens is 2. The van der Waals surface area contributed by atoms with Crippen LogP contribution in [0.4, 0.5) is 0 Å². The van der Waals surface area contributed by atoms with Crippen molar-refractivity contribution in [1.82, 2.24) is 14.5 Å². The molecule has 0 aliphatic carbocycles. The molecule has 0 bridgehead atoms. The van der Waals surface area contributed by atoms with Crippen LogP contribution in [0.25, 0.3) is 11.0 Å². The summed E-state index contributed by atoms with van der Waals surface area (Å²) in [7, 11) is 0. The van der Waals surface area contributed by atoms with E-state index in [9.17, 15) is 9.59 Å². The zero-order valence-electron chi connectivity index (χ0n) is 13.2. The van der Waals surface area contributed by atoms with E-state index in [2.05, 4.69) is 48.5 Å². The second-order valence-electron chi connectivity index (χ2n) is 5.17. The Hall–Kier alpha value is -1.81. The predicted molar refractivity (Wildman–Crippen MR) is 106 cm³/mol. The average Bonchev–Trinajstić information content (AvgIpc) is 2.59. The summed E-state index contributed by atoms with van der Waals surface area (Å²) in [6, 6.07) is 7.07. The van der Waals surface area contributed by atoms with Crippen molar-refractivity contribution in [2.75, 3.05) is 6.61 Å². The first kappa shape index (κ1) is 18.0. The van der Waals surface area contributed by atoms with E-state index in [0.717, 1.165) is 13.7 Å². The summed E-state index contributed by atoms with van der Waals surface area (Å²) in [6.45, 7) is 2.12. The SMILES string of the molecule is CCOC(=O)c1cc2cc(Br)cnc2n(Cc2ncccc2I)c1=O. The molecule has 0 aliphatic heterocycles. The Kier molecular flexibility index (Phi) is 5.48. The highest BCUT2D eigenvalue weighted by atomic mass is 127. The summed E-state index contributed by atoms with van der Waals surface area (Å²) in [6.07, 6.45) is 3.29. The summed E-state index contributed by atoms with van der Waals surface area (Å²) in [4.78, 5) is 33.7. The maximum absolute atomic E-state index is 12.9. The molecule has 0 fully saturated rings. The molecular weight excluding hydrogens is 501 g/mol. The lowest BCUT2D eigenvalue weighted by Gasteiger charge is -2.12. The quantitative estimate of drug-likeness (QED) is 0.395. The second kappa shape index (κ2) is 7.61. The minimum absolute atomic E-state index is 0.0137. The Morgan fingerprint density at radius 2 is 2.16 bits per heavy atom. The standard InChI is InChI=1S/C17H13BrIN3O3/c1-2-25-17(24)12-7-10-6-11(18)8-21-15(10)22(16(12)23)9-14-13(19)4-3-5-20-14/h3-8H,2,9H2,1H3. The number of esters is 1. The van der Waals surface area contributed by atoms with E-state index in [4.69, 9.17) is 4.74 Å². The fraction of sp³-hybridized carbons (Fsp3) is 0.176. The van der Waals surface area contributed by atoms with Crippen molar-refractivity contribution >= 4 is 55.5 Å². The molecule has 3 heterocycles. The molecule has 6 nitrogen and oxygen atoms in total. The first-order chi connectivity index (χ1) is 12.0. The molecule has 0 spiro atoms.